The van der Waals surface area contributed by atoms with Crippen molar-refractivity contribution in [2.45, 2.75) is 69.2 Å². The summed E-state index contributed by atoms with van der Waals surface area (Å²) in [5.41, 5.74) is 3.35. The lowest BCUT2D eigenvalue weighted by Gasteiger charge is -2.40. The van der Waals surface area contributed by atoms with Crippen LogP contribution in [-0.4, -0.2) is 105 Å². The molecule has 8 aromatic rings. The number of carbonyl (C=O) groups is 3. The second-order valence-corrected chi connectivity index (χ2v) is 24.4. The van der Waals surface area contributed by atoms with Crippen LogP contribution in [0.15, 0.2) is 186 Å². The van der Waals surface area contributed by atoms with Crippen molar-refractivity contribution in [1.29, 1.82) is 0 Å². The Morgan fingerprint density at radius 3 is 1.49 bits per heavy atom. The summed E-state index contributed by atoms with van der Waals surface area (Å²) in [5.74, 6) is -1.50. The van der Waals surface area contributed by atoms with E-state index in [0.29, 0.717) is 88.5 Å². The second-order valence-electron chi connectivity index (χ2n) is 20.1. The van der Waals surface area contributed by atoms with Crippen LogP contribution in [0.5, 0.6) is 0 Å². The maximum atomic E-state index is 16.1. The van der Waals surface area contributed by atoms with Gasteiger partial charge in [0.2, 0.25) is 20.0 Å². The Morgan fingerprint density at radius 1 is 0.525 bits per heavy atom. The molecule has 0 aliphatic carbocycles. The summed E-state index contributed by atoms with van der Waals surface area (Å²) in [4.78, 5) is 51.8. The summed E-state index contributed by atoms with van der Waals surface area (Å²) in [5, 5.41) is 6.56. The fourth-order valence-electron chi connectivity index (χ4n) is 10.6. The normalized spacial score (nSPS) is 13.7. The van der Waals surface area contributed by atoms with Crippen LogP contribution >= 0.6 is 11.6 Å². The van der Waals surface area contributed by atoms with Crippen LogP contribution < -0.4 is 10.2 Å². The van der Waals surface area contributed by atoms with Gasteiger partial charge in [-0.05, 0) is 143 Å². The van der Waals surface area contributed by atoms with E-state index in [9.17, 15) is 21.6 Å². The Balaban J connectivity index is 1.14. The summed E-state index contributed by atoms with van der Waals surface area (Å²) in [6, 6.07) is 51.9. The number of piperazine rings is 1. The van der Waals surface area contributed by atoms with Crippen molar-refractivity contribution in [3.05, 3.63) is 209 Å². The highest BCUT2D eigenvalue weighted by Crippen LogP contribution is 2.39. The van der Waals surface area contributed by atoms with E-state index in [1.54, 1.807) is 24.3 Å². The van der Waals surface area contributed by atoms with Crippen LogP contribution in [0.3, 0.4) is 0 Å². The van der Waals surface area contributed by atoms with E-state index in [1.165, 1.54) is 49.9 Å². The van der Waals surface area contributed by atoms with Crippen molar-refractivity contribution in [2.75, 3.05) is 62.6 Å². The summed E-state index contributed by atoms with van der Waals surface area (Å²) < 4.78 is 58.6. The van der Waals surface area contributed by atoms with E-state index in [4.69, 9.17) is 11.6 Å². The number of anilines is 3. The zero-order valence-electron chi connectivity index (χ0n) is 45.6. The Kier molecular flexibility index (Phi) is 18.3. The van der Waals surface area contributed by atoms with Gasteiger partial charge < -0.3 is 10.2 Å². The first kappa shape index (κ1) is 57.4. The van der Waals surface area contributed by atoms with Gasteiger partial charge in [0, 0.05) is 68.6 Å². The third kappa shape index (κ3) is 12.4. The van der Waals surface area contributed by atoms with Crippen molar-refractivity contribution in [3.63, 3.8) is 0 Å². The average Bonchev–Trinajstić information content (AvgIpc) is 3.52. The van der Waals surface area contributed by atoms with Crippen LogP contribution in [0.25, 0.3) is 21.5 Å². The number of sulfonamides is 2. The fourth-order valence-corrected chi connectivity index (χ4v) is 14.0. The first-order chi connectivity index (χ1) is 38.7. The maximum absolute atomic E-state index is 16.1. The molecule has 3 amide bonds. The zero-order chi connectivity index (χ0) is 56.6. The molecule has 0 saturated carbocycles. The standard InChI is InChI=1S/C64H67ClN6O7S2/c1-5-34-69(35-6-2)79(75,76)55-30-24-48(25-31-55)62(72)66-59-44-51-20-14-12-18-49(51)42-57(59)64(74)71(54-28-32-56(33-29-54)80(77,78)70(36-7-3)37-8-4)60-45-52-21-15-13-19-50(52)43-58(60)63(73)68-40-38-67(39-41-68)61(46-16-10-9-11-17-46)47-22-26-53(65)27-23-47/h9-33,42-45,61H,5-8,34-41H2,1-4H3,(H,66,72). The summed E-state index contributed by atoms with van der Waals surface area (Å²) in [6.07, 6.45) is 2.54. The molecule has 13 nitrogen and oxygen atoms in total. The molecule has 8 aromatic carbocycles. The monoisotopic (exact) mass is 1130 g/mol. The predicted molar refractivity (Wildman–Crippen MR) is 321 cm³/mol. The lowest BCUT2D eigenvalue weighted by atomic mass is 9.96. The molecule has 9 rings (SSSR count). The number of halogens is 1. The van der Waals surface area contributed by atoms with Gasteiger partial charge in [0.15, 0.2) is 0 Å². The van der Waals surface area contributed by atoms with E-state index in [-0.39, 0.29) is 55.5 Å². The van der Waals surface area contributed by atoms with Gasteiger partial charge in [-0.2, -0.15) is 8.61 Å². The van der Waals surface area contributed by atoms with Gasteiger partial charge >= 0.3 is 0 Å². The van der Waals surface area contributed by atoms with Crippen molar-refractivity contribution in [3.8, 4) is 0 Å². The van der Waals surface area contributed by atoms with Gasteiger partial charge in [0.05, 0.1) is 38.3 Å². The number of benzene rings is 8. The van der Waals surface area contributed by atoms with Crippen LogP contribution in [-0.2, 0) is 20.0 Å². The van der Waals surface area contributed by atoms with Gasteiger partial charge in [-0.15, -0.1) is 0 Å². The average molecular weight is 1130 g/mol. The van der Waals surface area contributed by atoms with Gasteiger partial charge in [-0.25, -0.2) is 16.8 Å². The van der Waals surface area contributed by atoms with Crippen LogP contribution in [0.4, 0.5) is 17.1 Å². The molecule has 0 bridgehead atoms. The van der Waals surface area contributed by atoms with Crippen molar-refractivity contribution >= 4 is 88.0 Å². The minimum Gasteiger partial charge on any atom is -0.336 e. The number of hydrogen-bond donors (Lipinski definition) is 1. The predicted octanol–water partition coefficient (Wildman–Crippen LogP) is 13.0. The number of nitrogens with one attached hydrogen (secondary N) is 1. The smallest absolute Gasteiger partial charge is 0.264 e. The van der Waals surface area contributed by atoms with Crippen LogP contribution in [0, 0.1) is 0 Å². The van der Waals surface area contributed by atoms with E-state index in [2.05, 4.69) is 22.3 Å². The lowest BCUT2D eigenvalue weighted by Crippen LogP contribution is -2.50. The molecule has 1 saturated heterocycles. The largest absolute Gasteiger partial charge is 0.336 e. The highest BCUT2D eigenvalue weighted by molar-refractivity contribution is 7.89. The molecule has 0 radical (unpaired) electrons. The first-order valence-electron chi connectivity index (χ1n) is 27.4. The minimum atomic E-state index is -3.93. The summed E-state index contributed by atoms with van der Waals surface area (Å²) in [7, 11) is -7.76. The first-order valence-corrected chi connectivity index (χ1v) is 30.7. The highest BCUT2D eigenvalue weighted by atomic mass is 35.5. The van der Waals surface area contributed by atoms with Crippen molar-refractivity contribution < 1.29 is 31.2 Å². The SMILES string of the molecule is CCCN(CCC)S(=O)(=O)c1ccc(C(=O)Nc2cc3ccccc3cc2C(=O)N(c2ccc(S(=O)(=O)N(CCC)CCC)cc2)c2cc3ccccc3cc2C(=O)N2CCN(C(c3ccccc3)c3ccc(Cl)cc3)CC2)cc1. The Labute approximate surface area is 475 Å². The Hall–Kier alpha value is -7.24. The molecule has 80 heavy (non-hydrogen) atoms. The summed E-state index contributed by atoms with van der Waals surface area (Å²) in [6.45, 7) is 10.9. The van der Waals surface area contributed by atoms with Gasteiger partial charge in [0.1, 0.15) is 0 Å². The molecule has 1 heterocycles. The second kappa shape index (κ2) is 25.5. The molecule has 1 aliphatic rings. The van der Waals surface area contributed by atoms with E-state index >= 15 is 9.59 Å². The van der Waals surface area contributed by atoms with Gasteiger partial charge in [-0.1, -0.05) is 130 Å². The van der Waals surface area contributed by atoms with Crippen LogP contribution in [0.1, 0.15) is 102 Å². The van der Waals surface area contributed by atoms with Crippen molar-refractivity contribution in [2.24, 2.45) is 0 Å². The number of hydrogen-bond acceptors (Lipinski definition) is 8. The molecular weight excluding hydrogens is 1060 g/mol. The fraction of sp³-hybridized carbons (Fsp3) is 0.266. The molecule has 1 N–H and O–H groups in total. The molecule has 16 heteroatoms. The van der Waals surface area contributed by atoms with E-state index in [1.807, 2.05) is 136 Å². The molecule has 0 spiro atoms. The quantitative estimate of drug-likeness (QED) is 0.0748. The highest BCUT2D eigenvalue weighted by Gasteiger charge is 2.34. The number of rotatable bonds is 21. The number of fused-ring (bicyclic) bond motifs is 2. The Morgan fingerprint density at radius 2 is 0.975 bits per heavy atom. The third-order valence-corrected chi connectivity index (χ3v) is 18.6. The summed E-state index contributed by atoms with van der Waals surface area (Å²) >= 11 is 6.35. The number of carbonyl (C=O) groups excluding carboxylic acids is 3. The molecule has 1 aliphatic heterocycles. The van der Waals surface area contributed by atoms with Crippen molar-refractivity contribution in [1.82, 2.24) is 18.4 Å². The molecule has 414 valence electrons. The Bertz CT molecular complexity index is 3720. The zero-order valence-corrected chi connectivity index (χ0v) is 48.0. The van der Waals surface area contributed by atoms with E-state index in [0.717, 1.165) is 27.3 Å². The topological polar surface area (TPSA) is 148 Å². The number of nitrogens with zero attached hydrogens (tertiary/aromatic N) is 5. The van der Waals surface area contributed by atoms with Gasteiger partial charge in [-0.3, -0.25) is 24.2 Å². The maximum Gasteiger partial charge on any atom is 0.264 e. The molecule has 1 fully saturated rings. The molecule has 0 aromatic heterocycles. The number of amides is 3. The molecule has 1 atom stereocenters. The molecular formula is C64H67ClN6O7S2. The van der Waals surface area contributed by atoms with E-state index < -0.39 is 31.9 Å². The minimum absolute atomic E-state index is 0.0524. The van der Waals surface area contributed by atoms with Gasteiger partial charge in [0.25, 0.3) is 17.7 Å². The van der Waals surface area contributed by atoms with Crippen LogP contribution in [0.2, 0.25) is 5.02 Å². The molecule has 1 unspecified atom stereocenters. The third-order valence-electron chi connectivity index (χ3n) is 14.5. The lowest BCUT2D eigenvalue weighted by molar-refractivity contribution is 0.0598.